The fourth-order valence-electron chi connectivity index (χ4n) is 0.573. The smallest absolute Gasteiger partial charge is 0.0701 e. The Labute approximate surface area is 78.9 Å². The molecular formula is C8H16ClO3. The molecule has 0 aromatic heterocycles. The zero-order valence-corrected chi connectivity index (χ0v) is 8.18. The van der Waals surface area contributed by atoms with Gasteiger partial charge >= 0.3 is 0 Å². The Bertz CT molecular complexity index is 70.7. The van der Waals surface area contributed by atoms with Crippen molar-refractivity contribution in [3.63, 3.8) is 0 Å². The summed E-state index contributed by atoms with van der Waals surface area (Å²) >= 11 is 5.40. The van der Waals surface area contributed by atoms with E-state index >= 15 is 0 Å². The van der Waals surface area contributed by atoms with Gasteiger partial charge in [0, 0.05) is 19.4 Å². The normalized spacial score (nSPS) is 10.5. The van der Waals surface area contributed by atoms with Gasteiger partial charge in [-0.25, -0.2) is 0 Å². The van der Waals surface area contributed by atoms with Crippen molar-refractivity contribution < 1.29 is 14.2 Å². The van der Waals surface area contributed by atoms with Crippen LogP contribution in [0.2, 0.25) is 0 Å². The molecule has 0 heterocycles. The van der Waals surface area contributed by atoms with Gasteiger partial charge in [-0.3, -0.25) is 0 Å². The number of methoxy groups -OCH3 is 1. The zero-order chi connectivity index (χ0) is 9.07. The highest BCUT2D eigenvalue weighted by Gasteiger charge is 1.89. The third kappa shape index (κ3) is 10.2. The van der Waals surface area contributed by atoms with Gasteiger partial charge in [0.2, 0.25) is 0 Å². The van der Waals surface area contributed by atoms with Crippen molar-refractivity contribution >= 4 is 11.6 Å². The molecule has 73 valence electrons. The van der Waals surface area contributed by atoms with Gasteiger partial charge in [0.1, 0.15) is 0 Å². The monoisotopic (exact) mass is 195 g/mol. The van der Waals surface area contributed by atoms with Crippen molar-refractivity contribution in [2.24, 2.45) is 0 Å². The molecule has 0 unspecified atom stereocenters. The molecule has 1 radical (unpaired) electrons. The molecule has 0 aliphatic carbocycles. The zero-order valence-electron chi connectivity index (χ0n) is 7.42. The van der Waals surface area contributed by atoms with Crippen LogP contribution in [-0.2, 0) is 14.2 Å². The Morgan fingerprint density at radius 3 is 2.42 bits per heavy atom. The fraction of sp³-hybridized carbons (Fsp3) is 0.875. The van der Waals surface area contributed by atoms with Crippen molar-refractivity contribution in [2.75, 3.05) is 46.0 Å². The van der Waals surface area contributed by atoms with E-state index in [0.29, 0.717) is 38.9 Å². The number of halogens is 1. The number of rotatable bonds is 9. The summed E-state index contributed by atoms with van der Waals surface area (Å²) in [6.07, 6.45) is 1.86. The molecule has 0 amide bonds. The summed E-state index contributed by atoms with van der Waals surface area (Å²) in [7, 11) is 1.65. The number of ether oxygens (including phenoxy) is 3. The maximum atomic E-state index is 5.40. The molecule has 0 aliphatic heterocycles. The lowest BCUT2D eigenvalue weighted by Crippen LogP contribution is -2.09. The molecule has 0 bridgehead atoms. The number of hydrogen-bond acceptors (Lipinski definition) is 3. The Balaban J connectivity index is 2.73. The van der Waals surface area contributed by atoms with Crippen LogP contribution in [0.1, 0.15) is 0 Å². The Kier molecular flexibility index (Phi) is 11.3. The first-order chi connectivity index (χ1) is 5.91. The molecule has 0 saturated heterocycles. The lowest BCUT2D eigenvalue weighted by molar-refractivity contribution is 0.0297. The Hall–Kier alpha value is 0.170. The average Bonchev–Trinajstić information content (AvgIpc) is 2.10. The van der Waals surface area contributed by atoms with Crippen molar-refractivity contribution in [3.8, 4) is 0 Å². The quantitative estimate of drug-likeness (QED) is 0.408. The van der Waals surface area contributed by atoms with Crippen LogP contribution in [0.15, 0.2) is 0 Å². The predicted octanol–water partition coefficient (Wildman–Crippen LogP) is 1.11. The van der Waals surface area contributed by atoms with Gasteiger partial charge in [-0.05, 0) is 0 Å². The molecule has 12 heavy (non-hydrogen) atoms. The van der Waals surface area contributed by atoms with Crippen LogP contribution in [-0.4, -0.2) is 46.0 Å². The first kappa shape index (κ1) is 12.2. The van der Waals surface area contributed by atoms with E-state index in [-0.39, 0.29) is 0 Å². The second-order valence-corrected chi connectivity index (χ2v) is 2.43. The van der Waals surface area contributed by atoms with Gasteiger partial charge in [0.05, 0.1) is 33.0 Å². The Morgan fingerprint density at radius 2 is 1.75 bits per heavy atom. The SMILES string of the molecule is COCCOCCOC[CH]CCl. The third-order valence-electron chi connectivity index (χ3n) is 1.15. The molecule has 4 heteroatoms. The van der Waals surface area contributed by atoms with E-state index in [0.717, 1.165) is 0 Å². The molecule has 3 nitrogen and oxygen atoms in total. The molecule has 0 saturated carbocycles. The van der Waals surface area contributed by atoms with Crippen LogP contribution in [0.3, 0.4) is 0 Å². The highest BCUT2D eigenvalue weighted by Crippen LogP contribution is 1.85. The van der Waals surface area contributed by atoms with Crippen LogP contribution in [0, 0.1) is 6.42 Å². The van der Waals surface area contributed by atoms with Crippen LogP contribution in [0.4, 0.5) is 0 Å². The van der Waals surface area contributed by atoms with Crippen LogP contribution < -0.4 is 0 Å². The summed E-state index contributed by atoms with van der Waals surface area (Å²) in [5.41, 5.74) is 0. The topological polar surface area (TPSA) is 27.7 Å². The van der Waals surface area contributed by atoms with Crippen molar-refractivity contribution in [3.05, 3.63) is 6.42 Å². The standard InChI is InChI=1S/C8H16ClO3/c1-10-5-6-12-8-7-11-4-2-3-9/h2H,3-8H2,1H3. The van der Waals surface area contributed by atoms with Crippen LogP contribution in [0.25, 0.3) is 0 Å². The summed E-state index contributed by atoms with van der Waals surface area (Å²) in [5, 5.41) is 0. The average molecular weight is 196 g/mol. The highest BCUT2D eigenvalue weighted by molar-refractivity contribution is 6.18. The molecule has 0 fully saturated rings. The molecule has 0 atom stereocenters. The summed E-state index contributed by atoms with van der Waals surface area (Å²) in [6, 6.07) is 0. The minimum Gasteiger partial charge on any atom is -0.382 e. The van der Waals surface area contributed by atoms with Gasteiger partial charge in [-0.1, -0.05) is 0 Å². The van der Waals surface area contributed by atoms with Gasteiger partial charge in [-0.2, -0.15) is 0 Å². The maximum Gasteiger partial charge on any atom is 0.0701 e. The largest absolute Gasteiger partial charge is 0.382 e. The summed E-state index contributed by atoms with van der Waals surface area (Å²) < 4.78 is 15.1. The van der Waals surface area contributed by atoms with E-state index in [2.05, 4.69) is 0 Å². The molecular weight excluding hydrogens is 180 g/mol. The van der Waals surface area contributed by atoms with E-state index in [4.69, 9.17) is 25.8 Å². The van der Waals surface area contributed by atoms with Crippen molar-refractivity contribution in [1.29, 1.82) is 0 Å². The van der Waals surface area contributed by atoms with Gasteiger partial charge in [0.15, 0.2) is 0 Å². The molecule has 0 aromatic carbocycles. The van der Waals surface area contributed by atoms with Crippen LogP contribution in [0.5, 0.6) is 0 Å². The van der Waals surface area contributed by atoms with E-state index in [1.165, 1.54) is 0 Å². The molecule has 0 aromatic rings. The lowest BCUT2D eigenvalue weighted by Gasteiger charge is -2.03. The Morgan fingerprint density at radius 1 is 1.08 bits per heavy atom. The number of hydrogen-bond donors (Lipinski definition) is 0. The van der Waals surface area contributed by atoms with Crippen LogP contribution >= 0.6 is 11.6 Å². The summed E-state index contributed by atoms with van der Waals surface area (Å²) in [6.45, 7) is 3.07. The second-order valence-electron chi connectivity index (χ2n) is 2.12. The van der Waals surface area contributed by atoms with Crippen molar-refractivity contribution in [2.45, 2.75) is 0 Å². The fourth-order valence-corrected chi connectivity index (χ4v) is 0.662. The molecule has 0 aliphatic rings. The number of alkyl halides is 1. The summed E-state index contributed by atoms with van der Waals surface area (Å²) in [4.78, 5) is 0. The molecule has 0 rings (SSSR count). The lowest BCUT2D eigenvalue weighted by atomic mass is 10.5. The minimum atomic E-state index is 0.532. The first-order valence-electron chi connectivity index (χ1n) is 3.94. The van der Waals surface area contributed by atoms with E-state index in [1.54, 1.807) is 7.11 Å². The highest BCUT2D eigenvalue weighted by atomic mass is 35.5. The molecule has 0 spiro atoms. The third-order valence-corrected chi connectivity index (χ3v) is 1.37. The first-order valence-corrected chi connectivity index (χ1v) is 4.47. The van der Waals surface area contributed by atoms with E-state index in [1.807, 2.05) is 6.42 Å². The van der Waals surface area contributed by atoms with Crippen molar-refractivity contribution in [1.82, 2.24) is 0 Å². The minimum absolute atomic E-state index is 0.532. The molecule has 0 N–H and O–H groups in total. The predicted molar refractivity (Wildman–Crippen MR) is 48.5 cm³/mol. The van der Waals surface area contributed by atoms with Gasteiger partial charge in [-0.15, -0.1) is 11.6 Å². The maximum absolute atomic E-state index is 5.40. The second kappa shape index (κ2) is 11.2. The van der Waals surface area contributed by atoms with E-state index < -0.39 is 0 Å². The van der Waals surface area contributed by atoms with E-state index in [9.17, 15) is 0 Å². The summed E-state index contributed by atoms with van der Waals surface area (Å²) in [5.74, 6) is 0.532. The van der Waals surface area contributed by atoms with Gasteiger partial charge < -0.3 is 14.2 Å². The van der Waals surface area contributed by atoms with Gasteiger partial charge in [0.25, 0.3) is 0 Å².